The Labute approximate surface area is 153 Å². The summed E-state index contributed by atoms with van der Waals surface area (Å²) in [6.07, 6.45) is 1.30. The third-order valence-electron chi connectivity index (χ3n) is 5.41. The molecule has 2 fully saturated rings. The molecule has 0 bridgehead atoms. The van der Waals surface area contributed by atoms with Gasteiger partial charge in [-0.25, -0.2) is 4.68 Å². The van der Waals surface area contributed by atoms with Crippen molar-refractivity contribution in [2.24, 2.45) is 0 Å². The number of fused-ring (bicyclic) bond motifs is 1. The van der Waals surface area contributed by atoms with E-state index in [2.05, 4.69) is 10.3 Å². The van der Waals surface area contributed by atoms with Gasteiger partial charge in [0, 0.05) is 33.3 Å². The Bertz CT molecular complexity index is 738. The first-order valence-corrected chi connectivity index (χ1v) is 10.3. The van der Waals surface area contributed by atoms with Gasteiger partial charge in [0.25, 0.3) is 10.2 Å². The number of rotatable bonds is 4. The lowest BCUT2D eigenvalue weighted by Gasteiger charge is -2.44. The summed E-state index contributed by atoms with van der Waals surface area (Å²) in [6.45, 7) is 4.11. The molecule has 0 aliphatic carbocycles. The number of nitrogens with zero attached hydrogens (tertiary/aromatic N) is 5. The summed E-state index contributed by atoms with van der Waals surface area (Å²) in [7, 11) is -1.80. The highest BCUT2D eigenvalue weighted by atomic mass is 32.2. The van der Waals surface area contributed by atoms with Crippen molar-refractivity contribution in [2.75, 3.05) is 46.5 Å². The first-order valence-electron chi connectivity index (χ1n) is 8.91. The van der Waals surface area contributed by atoms with Gasteiger partial charge in [-0.1, -0.05) is 5.21 Å². The van der Waals surface area contributed by atoms with Crippen LogP contribution in [0, 0.1) is 0 Å². The molecule has 0 N–H and O–H groups in total. The van der Waals surface area contributed by atoms with Crippen LogP contribution in [-0.4, -0.2) is 84.1 Å². The van der Waals surface area contributed by atoms with Crippen molar-refractivity contribution in [3.63, 3.8) is 0 Å². The topological polar surface area (TPSA) is 99.0 Å². The number of aromatic nitrogens is 3. The Morgan fingerprint density at radius 2 is 1.85 bits per heavy atom. The van der Waals surface area contributed by atoms with Crippen molar-refractivity contribution < 1.29 is 22.6 Å². The van der Waals surface area contributed by atoms with Crippen LogP contribution >= 0.6 is 0 Å². The van der Waals surface area contributed by atoms with Crippen molar-refractivity contribution in [3.05, 3.63) is 11.4 Å². The van der Waals surface area contributed by atoms with E-state index >= 15 is 0 Å². The Morgan fingerprint density at radius 3 is 2.54 bits per heavy atom. The predicted molar refractivity (Wildman–Crippen MR) is 90.4 cm³/mol. The van der Waals surface area contributed by atoms with Crippen LogP contribution in [0.25, 0.3) is 0 Å². The summed E-state index contributed by atoms with van der Waals surface area (Å²) < 4.78 is 47.1. The Kier molecular flexibility index (Phi) is 5.01. The summed E-state index contributed by atoms with van der Waals surface area (Å²) in [4.78, 5) is 0. The highest BCUT2D eigenvalue weighted by molar-refractivity contribution is 7.86. The van der Waals surface area contributed by atoms with E-state index in [0.29, 0.717) is 72.0 Å². The normalized spacial score (nSPS) is 24.7. The molecule has 0 radical (unpaired) electrons. The van der Waals surface area contributed by atoms with Gasteiger partial charge in [0.1, 0.15) is 5.69 Å². The third kappa shape index (κ3) is 3.27. The average Bonchev–Trinajstić information content (AvgIpc) is 3.05. The second-order valence-corrected chi connectivity index (χ2v) is 8.89. The number of hydrogen-bond acceptors (Lipinski definition) is 7. The SMILES string of the molecule is COCc1nnn2c1COC1(CCN(S(=O)(=O)N3CCOCC3)CC1)C2. The molecule has 3 aliphatic heterocycles. The highest BCUT2D eigenvalue weighted by Gasteiger charge is 2.44. The molecular weight excluding hydrogens is 362 g/mol. The predicted octanol–water partition coefficient (Wildman–Crippen LogP) is -0.634. The third-order valence-corrected chi connectivity index (χ3v) is 7.44. The zero-order chi connectivity index (χ0) is 18.2. The number of methoxy groups -OCH3 is 1. The monoisotopic (exact) mass is 387 g/mol. The van der Waals surface area contributed by atoms with Crippen molar-refractivity contribution >= 4 is 10.2 Å². The standard InChI is InChI=1S/C15H25N5O5S/c1-23-10-13-14-11-25-15(12-20(14)17-16-13)2-4-18(5-3-15)26(21,22)19-6-8-24-9-7-19/h2-12H2,1H3. The van der Waals surface area contributed by atoms with E-state index in [-0.39, 0.29) is 5.60 Å². The second-order valence-electron chi connectivity index (χ2n) is 6.96. The Morgan fingerprint density at radius 1 is 1.15 bits per heavy atom. The molecule has 0 atom stereocenters. The van der Waals surface area contributed by atoms with Crippen LogP contribution in [0.3, 0.4) is 0 Å². The maximum Gasteiger partial charge on any atom is 0.282 e. The van der Waals surface area contributed by atoms with Crippen LogP contribution in [0.4, 0.5) is 0 Å². The Balaban J connectivity index is 1.41. The van der Waals surface area contributed by atoms with Crippen LogP contribution < -0.4 is 0 Å². The molecule has 0 saturated carbocycles. The second kappa shape index (κ2) is 7.13. The molecule has 3 aliphatic rings. The molecular formula is C15H25N5O5S. The van der Waals surface area contributed by atoms with Crippen molar-refractivity contribution in [3.8, 4) is 0 Å². The zero-order valence-corrected chi connectivity index (χ0v) is 15.8. The van der Waals surface area contributed by atoms with E-state index in [9.17, 15) is 8.42 Å². The first kappa shape index (κ1) is 18.3. The fourth-order valence-corrected chi connectivity index (χ4v) is 5.39. The van der Waals surface area contributed by atoms with Crippen LogP contribution in [0.15, 0.2) is 0 Å². The summed E-state index contributed by atoms with van der Waals surface area (Å²) in [5.41, 5.74) is 1.37. The fraction of sp³-hybridized carbons (Fsp3) is 0.867. The first-order chi connectivity index (χ1) is 12.5. The Hall–Kier alpha value is -1.11. The average molecular weight is 387 g/mol. The van der Waals surface area contributed by atoms with Crippen molar-refractivity contribution in [2.45, 2.75) is 38.2 Å². The lowest BCUT2D eigenvalue weighted by Crippen LogP contribution is -2.55. The molecule has 0 aromatic carbocycles. The molecule has 1 aromatic heterocycles. The molecule has 11 heteroatoms. The minimum Gasteiger partial charge on any atom is -0.379 e. The van der Waals surface area contributed by atoms with Gasteiger partial charge in [-0.3, -0.25) is 0 Å². The van der Waals surface area contributed by atoms with Crippen LogP contribution in [-0.2, 0) is 44.2 Å². The maximum absolute atomic E-state index is 12.8. The number of morpholine rings is 1. The van der Waals surface area contributed by atoms with Gasteiger partial charge in [-0.05, 0) is 12.8 Å². The van der Waals surface area contributed by atoms with Gasteiger partial charge < -0.3 is 14.2 Å². The molecule has 4 heterocycles. The van der Waals surface area contributed by atoms with E-state index in [0.717, 1.165) is 11.4 Å². The van der Waals surface area contributed by atoms with Gasteiger partial charge in [-0.2, -0.15) is 17.0 Å². The quantitative estimate of drug-likeness (QED) is 0.678. The molecule has 2 saturated heterocycles. The van der Waals surface area contributed by atoms with Crippen LogP contribution in [0.2, 0.25) is 0 Å². The molecule has 0 amide bonds. The van der Waals surface area contributed by atoms with E-state index in [1.807, 2.05) is 4.68 Å². The smallest absolute Gasteiger partial charge is 0.282 e. The van der Waals surface area contributed by atoms with Gasteiger partial charge in [0.2, 0.25) is 0 Å². The van der Waals surface area contributed by atoms with Crippen LogP contribution in [0.1, 0.15) is 24.2 Å². The van der Waals surface area contributed by atoms with E-state index in [1.54, 1.807) is 11.4 Å². The molecule has 146 valence electrons. The lowest BCUT2D eigenvalue weighted by molar-refractivity contribution is -0.117. The maximum atomic E-state index is 12.8. The highest BCUT2D eigenvalue weighted by Crippen LogP contribution is 2.34. The molecule has 26 heavy (non-hydrogen) atoms. The molecule has 0 unspecified atom stereocenters. The molecule has 1 spiro atoms. The summed E-state index contributed by atoms with van der Waals surface area (Å²) in [5, 5.41) is 8.38. The largest absolute Gasteiger partial charge is 0.379 e. The number of ether oxygens (including phenoxy) is 3. The van der Waals surface area contributed by atoms with Gasteiger partial charge in [0.05, 0.1) is 44.3 Å². The van der Waals surface area contributed by atoms with Crippen molar-refractivity contribution in [1.29, 1.82) is 0 Å². The number of piperidine rings is 1. The van der Waals surface area contributed by atoms with Gasteiger partial charge in [0.15, 0.2) is 0 Å². The zero-order valence-electron chi connectivity index (χ0n) is 15.0. The minimum atomic E-state index is -3.42. The van der Waals surface area contributed by atoms with Crippen LogP contribution in [0.5, 0.6) is 0 Å². The van der Waals surface area contributed by atoms with Crippen molar-refractivity contribution in [1.82, 2.24) is 23.6 Å². The molecule has 10 nitrogen and oxygen atoms in total. The number of hydrogen-bond donors (Lipinski definition) is 0. The fourth-order valence-electron chi connectivity index (χ4n) is 3.81. The molecule has 1 aromatic rings. The lowest BCUT2D eigenvalue weighted by atomic mass is 9.91. The summed E-state index contributed by atoms with van der Waals surface area (Å²) in [5.74, 6) is 0. The summed E-state index contributed by atoms with van der Waals surface area (Å²) in [6, 6.07) is 0. The van der Waals surface area contributed by atoms with E-state index in [4.69, 9.17) is 14.2 Å². The van der Waals surface area contributed by atoms with E-state index < -0.39 is 10.2 Å². The summed E-state index contributed by atoms with van der Waals surface area (Å²) >= 11 is 0. The van der Waals surface area contributed by atoms with Gasteiger partial charge in [-0.15, -0.1) is 5.10 Å². The minimum absolute atomic E-state index is 0.373. The van der Waals surface area contributed by atoms with Gasteiger partial charge >= 0.3 is 0 Å². The molecule has 4 rings (SSSR count). The van der Waals surface area contributed by atoms with E-state index in [1.165, 1.54) is 4.31 Å².